The normalized spacial score (nSPS) is 14.9. The first-order valence-corrected chi connectivity index (χ1v) is 10.5. The molecule has 7 nitrogen and oxygen atoms in total. The maximum absolute atomic E-state index is 12.8. The number of hydrogen-bond donors (Lipinski definition) is 0. The number of anilines is 1. The van der Waals surface area contributed by atoms with Crippen LogP contribution < -0.4 is 14.4 Å². The lowest BCUT2D eigenvalue weighted by Gasteiger charge is -2.14. The van der Waals surface area contributed by atoms with E-state index in [4.69, 9.17) is 9.47 Å². The Morgan fingerprint density at radius 3 is 2.57 bits per heavy atom. The summed E-state index contributed by atoms with van der Waals surface area (Å²) in [4.78, 5) is 38.0. The maximum atomic E-state index is 12.8. The molecule has 1 aliphatic rings. The zero-order valence-electron chi connectivity index (χ0n) is 16.2. The second-order valence-electron chi connectivity index (χ2n) is 5.98. The molecular weight excluding hydrogens is 474 g/mol. The lowest BCUT2D eigenvalue weighted by molar-refractivity contribution is -0.142. The minimum atomic E-state index is -0.525. The number of carbonyl (C=O) groups is 3. The zero-order valence-corrected chi connectivity index (χ0v) is 18.6. The van der Waals surface area contributed by atoms with Crippen LogP contribution in [0.3, 0.4) is 0 Å². The van der Waals surface area contributed by atoms with Gasteiger partial charge < -0.3 is 14.2 Å². The number of para-hydroxylation sites is 1. The lowest BCUT2D eigenvalue weighted by atomic mass is 10.1. The summed E-state index contributed by atoms with van der Waals surface area (Å²) in [5, 5.41) is -0.362. The molecule has 1 saturated heterocycles. The second kappa shape index (κ2) is 9.82. The molecule has 0 atom stereocenters. The number of rotatable bonds is 7. The smallest absolute Gasteiger partial charge is 0.343 e. The van der Waals surface area contributed by atoms with Crippen LogP contribution in [-0.2, 0) is 14.3 Å². The molecule has 2 amide bonds. The van der Waals surface area contributed by atoms with Crippen LogP contribution in [0.2, 0.25) is 0 Å². The van der Waals surface area contributed by atoms with Gasteiger partial charge in [-0.15, -0.1) is 0 Å². The van der Waals surface area contributed by atoms with Crippen molar-refractivity contribution in [3.8, 4) is 11.5 Å². The summed E-state index contributed by atoms with van der Waals surface area (Å²) in [5.41, 5.74) is 1.15. The Balaban J connectivity index is 1.90. The molecule has 1 heterocycles. The van der Waals surface area contributed by atoms with Crippen molar-refractivity contribution in [3.05, 3.63) is 57.4 Å². The average molecular weight is 492 g/mol. The molecule has 0 radical (unpaired) electrons. The van der Waals surface area contributed by atoms with E-state index in [0.717, 1.165) is 16.7 Å². The molecular formula is C21H18BrNO6S. The lowest BCUT2D eigenvalue weighted by Crippen LogP contribution is -2.27. The number of methoxy groups -OCH3 is 1. The highest BCUT2D eigenvalue weighted by molar-refractivity contribution is 9.10. The van der Waals surface area contributed by atoms with Gasteiger partial charge in [-0.1, -0.05) is 18.2 Å². The number of hydrogen-bond acceptors (Lipinski definition) is 7. The number of ether oxygens (including phenoxy) is 3. The van der Waals surface area contributed by atoms with Crippen LogP contribution >= 0.6 is 27.7 Å². The number of imide groups is 1. The van der Waals surface area contributed by atoms with E-state index in [1.807, 2.05) is 13.0 Å². The fourth-order valence-corrected chi connectivity index (χ4v) is 4.10. The van der Waals surface area contributed by atoms with Crippen molar-refractivity contribution in [1.29, 1.82) is 0 Å². The molecule has 9 heteroatoms. The first-order chi connectivity index (χ1) is 14.4. The Hall–Kier alpha value is -2.78. The number of nitrogens with zero attached hydrogens (tertiary/aromatic N) is 1. The van der Waals surface area contributed by atoms with E-state index in [1.165, 1.54) is 7.11 Å². The molecule has 1 fully saturated rings. The quantitative estimate of drug-likeness (QED) is 0.412. The minimum absolute atomic E-state index is 0.273. The molecule has 0 aliphatic carbocycles. The summed E-state index contributed by atoms with van der Waals surface area (Å²) in [6, 6.07) is 12.1. The van der Waals surface area contributed by atoms with Gasteiger partial charge in [0, 0.05) is 0 Å². The van der Waals surface area contributed by atoms with Gasteiger partial charge in [0.15, 0.2) is 18.1 Å². The van der Waals surface area contributed by atoms with Crippen LogP contribution in [0.15, 0.2) is 51.8 Å². The van der Waals surface area contributed by atoms with Gasteiger partial charge in [0.05, 0.1) is 28.8 Å². The molecule has 0 bridgehead atoms. The van der Waals surface area contributed by atoms with Crippen LogP contribution in [0.1, 0.15) is 12.5 Å². The van der Waals surface area contributed by atoms with Crippen molar-refractivity contribution in [1.82, 2.24) is 0 Å². The Morgan fingerprint density at radius 2 is 1.90 bits per heavy atom. The molecule has 2 aromatic rings. The molecule has 0 unspecified atom stereocenters. The summed E-state index contributed by atoms with van der Waals surface area (Å²) in [6.07, 6.45) is 1.62. The summed E-state index contributed by atoms with van der Waals surface area (Å²) in [5.74, 6) is -0.180. The van der Waals surface area contributed by atoms with E-state index < -0.39 is 11.9 Å². The van der Waals surface area contributed by atoms with Crippen molar-refractivity contribution in [2.24, 2.45) is 0 Å². The van der Waals surface area contributed by atoms with Gasteiger partial charge >= 0.3 is 5.97 Å². The molecule has 0 N–H and O–H groups in total. The monoisotopic (exact) mass is 491 g/mol. The average Bonchev–Trinajstić information content (AvgIpc) is 3.01. The largest absolute Gasteiger partial charge is 0.490 e. The predicted octanol–water partition coefficient (Wildman–Crippen LogP) is 4.64. The highest BCUT2D eigenvalue weighted by Gasteiger charge is 2.36. The van der Waals surface area contributed by atoms with Crippen LogP contribution in [0.5, 0.6) is 11.5 Å². The van der Waals surface area contributed by atoms with E-state index in [9.17, 15) is 14.4 Å². The summed E-state index contributed by atoms with van der Waals surface area (Å²) < 4.78 is 16.3. The fraction of sp³-hybridized carbons (Fsp3) is 0.190. The van der Waals surface area contributed by atoms with E-state index in [0.29, 0.717) is 38.7 Å². The first-order valence-electron chi connectivity index (χ1n) is 8.93. The van der Waals surface area contributed by atoms with Gasteiger partial charge in [0.2, 0.25) is 0 Å². The summed E-state index contributed by atoms with van der Waals surface area (Å²) >= 11 is 4.28. The van der Waals surface area contributed by atoms with E-state index in [1.54, 1.807) is 42.5 Å². The maximum Gasteiger partial charge on any atom is 0.343 e. The van der Waals surface area contributed by atoms with Crippen LogP contribution in [-0.4, -0.2) is 37.4 Å². The Bertz CT molecular complexity index is 1010. The Labute approximate surface area is 186 Å². The molecule has 0 aromatic heterocycles. The number of carbonyl (C=O) groups excluding carboxylic acids is 3. The fourth-order valence-electron chi connectivity index (χ4n) is 2.68. The van der Waals surface area contributed by atoms with E-state index in [-0.39, 0.29) is 11.8 Å². The summed E-state index contributed by atoms with van der Waals surface area (Å²) in [7, 11) is 1.27. The SMILES string of the molecule is CCOc1cc(/C=C2\SC(=O)N(c3ccccc3)C2=O)cc(Br)c1OCC(=O)OC. The number of halogens is 1. The van der Waals surface area contributed by atoms with Crippen LogP contribution in [0, 0.1) is 0 Å². The van der Waals surface area contributed by atoms with E-state index >= 15 is 0 Å². The number of benzene rings is 2. The first kappa shape index (κ1) is 21.9. The minimum Gasteiger partial charge on any atom is -0.490 e. The van der Waals surface area contributed by atoms with Crippen molar-refractivity contribution in [2.75, 3.05) is 25.2 Å². The van der Waals surface area contributed by atoms with Gasteiger partial charge in [0.25, 0.3) is 11.1 Å². The van der Waals surface area contributed by atoms with Crippen molar-refractivity contribution >= 4 is 56.6 Å². The van der Waals surface area contributed by atoms with Gasteiger partial charge in [-0.25, -0.2) is 9.69 Å². The third kappa shape index (κ3) is 4.85. The Morgan fingerprint density at radius 1 is 1.17 bits per heavy atom. The van der Waals surface area contributed by atoms with Gasteiger partial charge in [-0.2, -0.15) is 0 Å². The van der Waals surface area contributed by atoms with Crippen molar-refractivity contribution in [3.63, 3.8) is 0 Å². The molecule has 156 valence electrons. The van der Waals surface area contributed by atoms with Crippen LogP contribution in [0.4, 0.5) is 10.5 Å². The molecule has 0 saturated carbocycles. The molecule has 3 rings (SSSR count). The van der Waals surface area contributed by atoms with Crippen LogP contribution in [0.25, 0.3) is 6.08 Å². The highest BCUT2D eigenvalue weighted by Crippen LogP contribution is 2.40. The highest BCUT2D eigenvalue weighted by atomic mass is 79.9. The van der Waals surface area contributed by atoms with Gasteiger partial charge in [-0.05, 0) is 70.5 Å². The molecule has 1 aliphatic heterocycles. The second-order valence-corrected chi connectivity index (χ2v) is 7.83. The van der Waals surface area contributed by atoms with E-state index in [2.05, 4.69) is 20.7 Å². The third-order valence-corrected chi connectivity index (χ3v) is 5.46. The Kier molecular flexibility index (Phi) is 7.17. The van der Waals surface area contributed by atoms with Crippen molar-refractivity contribution in [2.45, 2.75) is 6.92 Å². The predicted molar refractivity (Wildman–Crippen MR) is 118 cm³/mol. The standard InChI is InChI=1S/C21H18BrNO6S/c1-3-28-16-10-13(9-15(22)19(16)29-12-18(24)27-2)11-17-20(25)23(21(26)30-17)14-7-5-4-6-8-14/h4-11H,3,12H2,1-2H3/b17-11-. The zero-order chi connectivity index (χ0) is 21.7. The molecule has 0 spiro atoms. The summed E-state index contributed by atoms with van der Waals surface area (Å²) in [6.45, 7) is 1.91. The number of thioether (sulfide) groups is 1. The third-order valence-electron chi connectivity index (χ3n) is 4.00. The number of amides is 2. The van der Waals surface area contributed by atoms with Crippen molar-refractivity contribution < 1.29 is 28.6 Å². The van der Waals surface area contributed by atoms with Gasteiger partial charge in [0.1, 0.15) is 0 Å². The van der Waals surface area contributed by atoms with Gasteiger partial charge in [-0.3, -0.25) is 9.59 Å². The molecule has 30 heavy (non-hydrogen) atoms. The topological polar surface area (TPSA) is 82.1 Å². The number of esters is 1. The molecule has 2 aromatic carbocycles.